The fourth-order valence-corrected chi connectivity index (χ4v) is 1.74. The number of hydrogen-bond donors (Lipinski definition) is 3. The molecule has 1 fully saturated rings. The molecule has 1 unspecified atom stereocenters. The molecule has 7 heteroatoms. The Labute approximate surface area is 112 Å². The third-order valence-corrected chi connectivity index (χ3v) is 2.92. The Balaban J connectivity index is 2.41. The third-order valence-electron chi connectivity index (χ3n) is 2.56. The van der Waals surface area contributed by atoms with E-state index in [1.165, 1.54) is 18.9 Å². The van der Waals surface area contributed by atoms with Crippen molar-refractivity contribution in [2.75, 3.05) is 19.3 Å². The number of nitrogens with zero attached hydrogens (tertiary/aromatic N) is 1. The maximum Gasteiger partial charge on any atom is 0.246 e. The minimum absolute atomic E-state index is 0.000798. The third kappa shape index (κ3) is 4.95. The minimum atomic E-state index is -0.690. The van der Waals surface area contributed by atoms with Crippen LogP contribution in [0.4, 0.5) is 0 Å². The molecule has 0 aromatic heterocycles. The van der Waals surface area contributed by atoms with E-state index in [-0.39, 0.29) is 36.1 Å². The minimum Gasteiger partial charge on any atom is -0.352 e. The lowest BCUT2D eigenvalue weighted by molar-refractivity contribution is -0.137. The summed E-state index contributed by atoms with van der Waals surface area (Å²) >= 11 is 4.02. The van der Waals surface area contributed by atoms with Gasteiger partial charge in [0.2, 0.25) is 17.7 Å². The highest BCUT2D eigenvalue weighted by Crippen LogP contribution is 2.18. The first-order valence-corrected chi connectivity index (χ1v) is 6.49. The predicted molar refractivity (Wildman–Crippen MR) is 70.3 cm³/mol. The van der Waals surface area contributed by atoms with Crippen LogP contribution in [0.2, 0.25) is 0 Å². The fourth-order valence-electron chi connectivity index (χ4n) is 1.49. The van der Waals surface area contributed by atoms with Gasteiger partial charge in [-0.15, -0.1) is 0 Å². The number of carbonyl (C=O) groups excluding carboxylic acids is 3. The molecule has 1 atom stereocenters. The highest BCUT2D eigenvalue weighted by atomic mass is 32.1. The smallest absolute Gasteiger partial charge is 0.246 e. The Morgan fingerprint density at radius 3 is 2.44 bits per heavy atom. The van der Waals surface area contributed by atoms with Gasteiger partial charge in [-0.2, -0.15) is 12.6 Å². The summed E-state index contributed by atoms with van der Waals surface area (Å²) in [5.41, 5.74) is 0. The van der Waals surface area contributed by atoms with Gasteiger partial charge in [0.05, 0.1) is 6.54 Å². The van der Waals surface area contributed by atoms with Crippen molar-refractivity contribution in [1.29, 1.82) is 0 Å². The van der Waals surface area contributed by atoms with E-state index >= 15 is 0 Å². The van der Waals surface area contributed by atoms with Crippen molar-refractivity contribution in [3.8, 4) is 0 Å². The summed E-state index contributed by atoms with van der Waals surface area (Å²) < 4.78 is 0. The lowest BCUT2D eigenvalue weighted by Crippen LogP contribution is -2.50. The standard InChI is InChI=1S/C11H19N3O3S/c1-7(15)12-9(6-18)11(17)14(2)5-10(16)13-8-3-4-8/h8-9,18H,3-6H2,1-2H3,(H,12,15)(H,13,16). The number of rotatable bonds is 6. The number of hydrogen-bond acceptors (Lipinski definition) is 4. The molecule has 102 valence electrons. The van der Waals surface area contributed by atoms with Crippen molar-refractivity contribution in [2.45, 2.75) is 31.8 Å². The van der Waals surface area contributed by atoms with E-state index < -0.39 is 6.04 Å². The monoisotopic (exact) mass is 273 g/mol. The summed E-state index contributed by atoms with van der Waals surface area (Å²) in [5, 5.41) is 5.30. The van der Waals surface area contributed by atoms with E-state index in [0.717, 1.165) is 12.8 Å². The highest BCUT2D eigenvalue weighted by Gasteiger charge is 2.26. The molecule has 6 nitrogen and oxygen atoms in total. The lowest BCUT2D eigenvalue weighted by atomic mass is 10.3. The normalized spacial score (nSPS) is 15.7. The molecule has 1 rings (SSSR count). The topological polar surface area (TPSA) is 78.5 Å². The number of amides is 3. The zero-order valence-corrected chi connectivity index (χ0v) is 11.5. The molecule has 18 heavy (non-hydrogen) atoms. The van der Waals surface area contributed by atoms with E-state index in [2.05, 4.69) is 23.3 Å². The first-order chi connectivity index (χ1) is 8.43. The van der Waals surface area contributed by atoms with Crippen molar-refractivity contribution in [3.63, 3.8) is 0 Å². The summed E-state index contributed by atoms with van der Waals surface area (Å²) in [6, 6.07) is -0.415. The van der Waals surface area contributed by atoms with E-state index in [0.29, 0.717) is 0 Å². The molecule has 0 spiro atoms. The van der Waals surface area contributed by atoms with Gasteiger partial charge in [0, 0.05) is 25.8 Å². The second kappa shape index (κ2) is 6.63. The first kappa shape index (κ1) is 14.8. The van der Waals surface area contributed by atoms with Crippen LogP contribution in [-0.2, 0) is 14.4 Å². The van der Waals surface area contributed by atoms with Crippen molar-refractivity contribution in [3.05, 3.63) is 0 Å². The van der Waals surface area contributed by atoms with Crippen LogP contribution in [-0.4, -0.2) is 54.1 Å². The van der Waals surface area contributed by atoms with Crippen LogP contribution < -0.4 is 10.6 Å². The molecular formula is C11H19N3O3S. The second-order valence-corrected chi connectivity index (χ2v) is 4.84. The summed E-state index contributed by atoms with van der Waals surface area (Å²) in [7, 11) is 1.53. The van der Waals surface area contributed by atoms with Crippen LogP contribution in [0.1, 0.15) is 19.8 Å². The SMILES string of the molecule is CC(=O)NC(CS)C(=O)N(C)CC(=O)NC1CC1. The maximum absolute atomic E-state index is 11.9. The Bertz CT molecular complexity index is 344. The van der Waals surface area contributed by atoms with Gasteiger partial charge in [-0.25, -0.2) is 0 Å². The van der Waals surface area contributed by atoms with Crippen LogP contribution in [0, 0.1) is 0 Å². The van der Waals surface area contributed by atoms with Crippen LogP contribution in [0.25, 0.3) is 0 Å². The molecule has 0 saturated heterocycles. The fraction of sp³-hybridized carbons (Fsp3) is 0.727. The molecule has 0 bridgehead atoms. The average molecular weight is 273 g/mol. The molecule has 0 aromatic carbocycles. The van der Waals surface area contributed by atoms with Crippen molar-refractivity contribution in [1.82, 2.24) is 15.5 Å². The zero-order valence-electron chi connectivity index (χ0n) is 10.6. The van der Waals surface area contributed by atoms with Gasteiger partial charge in [-0.05, 0) is 12.8 Å². The van der Waals surface area contributed by atoms with Gasteiger partial charge in [-0.3, -0.25) is 14.4 Å². The van der Waals surface area contributed by atoms with E-state index in [1.54, 1.807) is 0 Å². The van der Waals surface area contributed by atoms with E-state index in [9.17, 15) is 14.4 Å². The van der Waals surface area contributed by atoms with Gasteiger partial charge in [0.25, 0.3) is 0 Å². The number of carbonyl (C=O) groups is 3. The molecule has 1 aliphatic rings. The molecule has 3 amide bonds. The summed E-state index contributed by atoms with van der Waals surface area (Å²) in [4.78, 5) is 35.7. The van der Waals surface area contributed by atoms with E-state index in [1.807, 2.05) is 0 Å². The summed E-state index contributed by atoms with van der Waals surface area (Å²) in [6.45, 7) is 1.34. The van der Waals surface area contributed by atoms with Gasteiger partial charge >= 0.3 is 0 Å². The Kier molecular flexibility index (Phi) is 5.46. The van der Waals surface area contributed by atoms with Crippen LogP contribution in [0.5, 0.6) is 0 Å². The zero-order chi connectivity index (χ0) is 13.7. The quantitative estimate of drug-likeness (QED) is 0.552. The lowest BCUT2D eigenvalue weighted by Gasteiger charge is -2.22. The molecule has 1 aliphatic carbocycles. The molecule has 2 N–H and O–H groups in total. The molecular weight excluding hydrogens is 254 g/mol. The number of nitrogens with one attached hydrogen (secondary N) is 2. The van der Waals surface area contributed by atoms with Crippen molar-refractivity contribution in [2.24, 2.45) is 0 Å². The molecule has 0 radical (unpaired) electrons. The Hall–Kier alpha value is -1.24. The van der Waals surface area contributed by atoms with Gasteiger partial charge in [0.15, 0.2) is 0 Å². The second-order valence-electron chi connectivity index (χ2n) is 4.47. The van der Waals surface area contributed by atoms with Crippen LogP contribution in [0.15, 0.2) is 0 Å². The van der Waals surface area contributed by atoms with Gasteiger partial charge < -0.3 is 15.5 Å². The van der Waals surface area contributed by atoms with Gasteiger partial charge in [0.1, 0.15) is 6.04 Å². The number of likely N-dealkylation sites (N-methyl/N-ethyl adjacent to an activating group) is 1. The summed E-state index contributed by atoms with van der Waals surface area (Å²) in [5.74, 6) is -0.578. The molecule has 0 aliphatic heterocycles. The molecule has 1 saturated carbocycles. The Morgan fingerprint density at radius 1 is 1.39 bits per heavy atom. The first-order valence-electron chi connectivity index (χ1n) is 5.86. The van der Waals surface area contributed by atoms with Crippen molar-refractivity contribution >= 4 is 30.4 Å². The largest absolute Gasteiger partial charge is 0.352 e. The van der Waals surface area contributed by atoms with E-state index in [4.69, 9.17) is 0 Å². The van der Waals surface area contributed by atoms with Crippen molar-refractivity contribution < 1.29 is 14.4 Å². The molecule has 0 heterocycles. The summed E-state index contributed by atoms with van der Waals surface area (Å²) in [6.07, 6.45) is 2.02. The Morgan fingerprint density at radius 2 is 2.00 bits per heavy atom. The number of thiol groups is 1. The predicted octanol–water partition coefficient (Wildman–Crippen LogP) is -0.842. The average Bonchev–Trinajstić information content (AvgIpc) is 3.08. The van der Waals surface area contributed by atoms with Gasteiger partial charge in [-0.1, -0.05) is 0 Å². The van der Waals surface area contributed by atoms with Crippen LogP contribution >= 0.6 is 12.6 Å². The maximum atomic E-state index is 11.9. The van der Waals surface area contributed by atoms with Crippen LogP contribution in [0.3, 0.4) is 0 Å². The molecule has 0 aromatic rings. The highest BCUT2D eigenvalue weighted by molar-refractivity contribution is 7.80.